The maximum Gasteiger partial charge on any atom is 0.276 e. The van der Waals surface area contributed by atoms with Crippen molar-refractivity contribution in [2.75, 3.05) is 24.9 Å². The number of rotatable bonds is 6. The number of carbonyl (C=O) groups is 1. The molecule has 8 heteroatoms. The van der Waals surface area contributed by atoms with Crippen molar-refractivity contribution < 1.29 is 14.3 Å². The highest BCUT2D eigenvalue weighted by Gasteiger charge is 2.11. The topological polar surface area (TPSA) is 85.4 Å². The van der Waals surface area contributed by atoms with Crippen LogP contribution < -0.4 is 20.1 Å². The van der Waals surface area contributed by atoms with Crippen LogP contribution in [0, 0.1) is 6.92 Å². The van der Waals surface area contributed by atoms with Crippen LogP contribution in [0.15, 0.2) is 48.5 Å². The Morgan fingerprint density at radius 2 is 1.71 bits per heavy atom. The zero-order valence-electron chi connectivity index (χ0n) is 15.6. The molecule has 7 nitrogen and oxygen atoms in total. The van der Waals surface area contributed by atoms with Crippen molar-refractivity contribution in [3.05, 3.63) is 64.8 Å². The fraction of sp³-hybridized carbons (Fsp3) is 0.150. The average Bonchev–Trinajstić information content (AvgIpc) is 2.69. The van der Waals surface area contributed by atoms with E-state index < -0.39 is 5.91 Å². The van der Waals surface area contributed by atoms with Gasteiger partial charge in [-0.3, -0.25) is 4.79 Å². The number of hydrogen-bond donors (Lipinski definition) is 2. The molecule has 1 amide bonds. The summed E-state index contributed by atoms with van der Waals surface area (Å²) in [4.78, 5) is 12.4. The minimum atomic E-state index is -0.395. The van der Waals surface area contributed by atoms with Crippen LogP contribution in [0.2, 0.25) is 5.02 Å². The molecule has 1 aromatic heterocycles. The van der Waals surface area contributed by atoms with Crippen molar-refractivity contribution in [2.24, 2.45) is 0 Å². The highest BCUT2D eigenvalue weighted by atomic mass is 35.5. The third-order valence-corrected chi connectivity index (χ3v) is 4.22. The molecule has 0 saturated carbocycles. The van der Waals surface area contributed by atoms with Crippen LogP contribution in [0.1, 0.15) is 16.1 Å². The van der Waals surface area contributed by atoms with Gasteiger partial charge in [-0.15, -0.1) is 10.2 Å². The first kappa shape index (κ1) is 19.4. The summed E-state index contributed by atoms with van der Waals surface area (Å²) in [6.07, 6.45) is 0. The Bertz CT molecular complexity index is 993. The Morgan fingerprint density at radius 3 is 2.36 bits per heavy atom. The normalized spacial score (nSPS) is 10.3. The monoisotopic (exact) mass is 398 g/mol. The van der Waals surface area contributed by atoms with Crippen LogP contribution in [0.3, 0.4) is 0 Å². The van der Waals surface area contributed by atoms with E-state index in [9.17, 15) is 4.79 Å². The van der Waals surface area contributed by atoms with E-state index in [4.69, 9.17) is 21.1 Å². The maximum atomic E-state index is 12.4. The molecular weight excluding hydrogens is 380 g/mol. The number of benzene rings is 2. The summed E-state index contributed by atoms with van der Waals surface area (Å²) in [5.41, 5.74) is 2.55. The Hall–Kier alpha value is -3.32. The highest BCUT2D eigenvalue weighted by molar-refractivity contribution is 6.32. The molecule has 0 saturated heterocycles. The molecule has 0 radical (unpaired) electrons. The van der Waals surface area contributed by atoms with E-state index in [1.165, 1.54) is 7.11 Å². The lowest BCUT2D eigenvalue weighted by Gasteiger charge is -2.11. The van der Waals surface area contributed by atoms with E-state index in [1.54, 1.807) is 37.4 Å². The zero-order chi connectivity index (χ0) is 20.1. The second kappa shape index (κ2) is 8.58. The summed E-state index contributed by atoms with van der Waals surface area (Å²) in [5.74, 6) is 1.31. The SMILES string of the molecule is COc1ccc(NC(=O)c2ccc(Nc3cc(C)ccc3OC)nn2)cc1Cl. The predicted octanol–water partition coefficient (Wildman–Crippen LogP) is 4.45. The molecule has 0 aliphatic carbocycles. The van der Waals surface area contributed by atoms with E-state index in [0.29, 0.717) is 28.0 Å². The van der Waals surface area contributed by atoms with Gasteiger partial charge < -0.3 is 20.1 Å². The van der Waals surface area contributed by atoms with Gasteiger partial charge in [0, 0.05) is 5.69 Å². The molecule has 2 aromatic carbocycles. The fourth-order valence-corrected chi connectivity index (χ4v) is 2.77. The van der Waals surface area contributed by atoms with Crippen molar-refractivity contribution in [3.63, 3.8) is 0 Å². The molecule has 0 atom stereocenters. The quantitative estimate of drug-likeness (QED) is 0.638. The van der Waals surface area contributed by atoms with Gasteiger partial charge >= 0.3 is 0 Å². The first-order valence-electron chi connectivity index (χ1n) is 8.40. The molecule has 0 aliphatic rings. The largest absolute Gasteiger partial charge is 0.495 e. The number of aryl methyl sites for hydroxylation is 1. The second-order valence-electron chi connectivity index (χ2n) is 5.94. The van der Waals surface area contributed by atoms with Crippen molar-refractivity contribution in [1.29, 1.82) is 0 Å². The lowest BCUT2D eigenvalue weighted by Crippen LogP contribution is -2.14. The fourth-order valence-electron chi connectivity index (χ4n) is 2.52. The van der Waals surface area contributed by atoms with Crippen LogP contribution >= 0.6 is 11.6 Å². The Balaban J connectivity index is 1.71. The summed E-state index contributed by atoms with van der Waals surface area (Å²) in [6, 6.07) is 14.0. The number of ether oxygens (including phenoxy) is 2. The van der Waals surface area contributed by atoms with Gasteiger partial charge in [0.05, 0.1) is 24.9 Å². The second-order valence-corrected chi connectivity index (χ2v) is 6.34. The summed E-state index contributed by atoms with van der Waals surface area (Å²) < 4.78 is 10.4. The number of aromatic nitrogens is 2. The number of amides is 1. The number of nitrogens with zero attached hydrogens (tertiary/aromatic N) is 2. The van der Waals surface area contributed by atoms with Gasteiger partial charge in [0.2, 0.25) is 0 Å². The molecule has 28 heavy (non-hydrogen) atoms. The number of hydrogen-bond acceptors (Lipinski definition) is 6. The van der Waals surface area contributed by atoms with Gasteiger partial charge in [-0.05, 0) is 55.0 Å². The Labute approximate surface area is 167 Å². The molecule has 0 bridgehead atoms. The number of halogens is 1. The number of anilines is 3. The lowest BCUT2D eigenvalue weighted by atomic mass is 10.2. The number of methoxy groups -OCH3 is 2. The summed E-state index contributed by atoms with van der Waals surface area (Å²) in [6.45, 7) is 1.98. The third kappa shape index (κ3) is 4.50. The zero-order valence-corrected chi connectivity index (χ0v) is 16.4. The van der Waals surface area contributed by atoms with Gasteiger partial charge in [-0.1, -0.05) is 17.7 Å². The Kier molecular flexibility index (Phi) is 5.96. The summed E-state index contributed by atoms with van der Waals surface area (Å²) in [5, 5.41) is 14.3. The van der Waals surface area contributed by atoms with Crippen LogP contribution in [0.4, 0.5) is 17.2 Å². The van der Waals surface area contributed by atoms with Gasteiger partial charge in [-0.2, -0.15) is 0 Å². The first-order valence-corrected chi connectivity index (χ1v) is 8.78. The summed E-state index contributed by atoms with van der Waals surface area (Å²) in [7, 11) is 3.12. The van der Waals surface area contributed by atoms with E-state index in [1.807, 2.05) is 25.1 Å². The summed E-state index contributed by atoms with van der Waals surface area (Å²) >= 11 is 6.07. The molecule has 0 aliphatic heterocycles. The standard InChI is InChI=1S/C20H19ClN4O3/c1-12-4-7-18(28-3)16(10-12)23-19-9-6-15(24-25-19)20(26)22-13-5-8-17(27-2)14(21)11-13/h4-11H,1-3H3,(H,22,26)(H,23,25). The lowest BCUT2D eigenvalue weighted by molar-refractivity contribution is 0.102. The molecule has 2 N–H and O–H groups in total. The molecule has 3 aromatic rings. The minimum absolute atomic E-state index is 0.175. The van der Waals surface area contributed by atoms with Crippen molar-refractivity contribution >= 4 is 34.7 Å². The van der Waals surface area contributed by atoms with Gasteiger partial charge in [0.25, 0.3) is 5.91 Å². The minimum Gasteiger partial charge on any atom is -0.495 e. The molecule has 0 unspecified atom stereocenters. The molecule has 3 rings (SSSR count). The van der Waals surface area contributed by atoms with Crippen LogP contribution in [-0.2, 0) is 0 Å². The van der Waals surface area contributed by atoms with Crippen LogP contribution in [0.5, 0.6) is 11.5 Å². The van der Waals surface area contributed by atoms with Gasteiger partial charge in [0.15, 0.2) is 11.5 Å². The maximum absolute atomic E-state index is 12.4. The van der Waals surface area contributed by atoms with Gasteiger partial charge in [0.1, 0.15) is 11.5 Å². The van der Waals surface area contributed by atoms with E-state index >= 15 is 0 Å². The molecule has 1 heterocycles. The Morgan fingerprint density at radius 1 is 0.964 bits per heavy atom. The van der Waals surface area contributed by atoms with Gasteiger partial charge in [-0.25, -0.2) is 0 Å². The molecular formula is C20H19ClN4O3. The van der Waals surface area contributed by atoms with Crippen molar-refractivity contribution in [3.8, 4) is 11.5 Å². The average molecular weight is 399 g/mol. The molecule has 0 spiro atoms. The van der Waals surface area contributed by atoms with Crippen molar-refractivity contribution in [2.45, 2.75) is 6.92 Å². The molecule has 144 valence electrons. The van der Waals surface area contributed by atoms with E-state index in [-0.39, 0.29) is 5.69 Å². The van der Waals surface area contributed by atoms with E-state index in [0.717, 1.165) is 11.3 Å². The van der Waals surface area contributed by atoms with Crippen molar-refractivity contribution in [1.82, 2.24) is 10.2 Å². The third-order valence-electron chi connectivity index (χ3n) is 3.92. The van der Waals surface area contributed by atoms with E-state index in [2.05, 4.69) is 20.8 Å². The van der Waals surface area contributed by atoms with Crippen LogP contribution in [0.25, 0.3) is 0 Å². The number of carbonyl (C=O) groups excluding carboxylic acids is 1. The highest BCUT2D eigenvalue weighted by Crippen LogP contribution is 2.28. The van der Waals surface area contributed by atoms with Crippen LogP contribution in [-0.4, -0.2) is 30.3 Å². The number of nitrogens with one attached hydrogen (secondary N) is 2. The smallest absolute Gasteiger partial charge is 0.276 e. The first-order chi connectivity index (χ1) is 13.5. The predicted molar refractivity (Wildman–Crippen MR) is 109 cm³/mol. The molecule has 0 fully saturated rings.